The van der Waals surface area contributed by atoms with Gasteiger partial charge in [0.15, 0.2) is 0 Å². The van der Waals surface area contributed by atoms with Crippen LogP contribution in [0.25, 0.3) is 11.0 Å². The number of piperidine rings is 1. The van der Waals surface area contributed by atoms with Crippen molar-refractivity contribution in [2.24, 2.45) is 0 Å². The first-order valence-electron chi connectivity index (χ1n) is 17.3. The Morgan fingerprint density at radius 2 is 1.75 bits per heavy atom. The molecule has 17 heteroatoms. The minimum atomic E-state index is -4.84. The molecule has 1 aromatic carbocycles. The Hall–Kier alpha value is -3.88. The molecular formula is C35H42BrF3N9O3P. The Morgan fingerprint density at radius 1 is 1.00 bits per heavy atom. The number of nitrogens with one attached hydrogen (secondary N) is 2. The zero-order chi connectivity index (χ0) is 37.2. The number of pyridine rings is 1. The Balaban J connectivity index is 1.17. The highest BCUT2D eigenvalue weighted by molar-refractivity contribution is 9.10. The molecule has 0 saturated carbocycles. The summed E-state index contributed by atoms with van der Waals surface area (Å²) in [7, 11) is -1.23. The number of benzene rings is 1. The number of ether oxygens (including phenoxy) is 1. The van der Waals surface area contributed by atoms with Gasteiger partial charge in [-0.05, 0) is 105 Å². The molecule has 0 radical (unpaired) electrons. The topological polar surface area (TPSA) is 138 Å². The summed E-state index contributed by atoms with van der Waals surface area (Å²) >= 11 is 3.54. The van der Waals surface area contributed by atoms with E-state index >= 15 is 0 Å². The van der Waals surface area contributed by atoms with Crippen LogP contribution in [-0.4, -0.2) is 99.5 Å². The number of carbonyl (C=O) groups is 1. The number of hydrogen-bond acceptors (Lipinski definition) is 11. The molecule has 2 N–H and O–H groups in total. The van der Waals surface area contributed by atoms with Crippen LogP contribution < -0.4 is 20.7 Å². The maximum Gasteiger partial charge on any atom is 0.471 e. The summed E-state index contributed by atoms with van der Waals surface area (Å²) in [6, 6.07) is 5.81. The predicted octanol–water partition coefficient (Wildman–Crippen LogP) is 7.01. The lowest BCUT2D eigenvalue weighted by molar-refractivity contribution is -0.185. The van der Waals surface area contributed by atoms with Gasteiger partial charge in [-0.15, -0.1) is 0 Å². The number of rotatable bonds is 9. The summed E-state index contributed by atoms with van der Waals surface area (Å²) in [5.74, 6) is -0.392. The second-order valence-corrected chi connectivity index (χ2v) is 17.5. The van der Waals surface area contributed by atoms with Crippen molar-refractivity contribution in [2.45, 2.75) is 63.6 Å². The van der Waals surface area contributed by atoms with Crippen molar-refractivity contribution in [3.8, 4) is 5.88 Å². The minimum absolute atomic E-state index is 0.120. The molecule has 1 atom stereocenters. The first-order chi connectivity index (χ1) is 24.8. The fraction of sp³-hybridized carbons (Fsp3) is 0.486. The number of nitrogens with zero attached hydrogens (tertiary/aromatic N) is 7. The average Bonchev–Trinajstić information content (AvgIpc) is 3.38. The van der Waals surface area contributed by atoms with E-state index in [-0.39, 0.29) is 25.0 Å². The number of amides is 1. The van der Waals surface area contributed by atoms with Crippen LogP contribution in [0, 0.1) is 0 Å². The molecule has 2 aliphatic rings. The number of methoxy groups -OCH3 is 1. The van der Waals surface area contributed by atoms with Crippen molar-refractivity contribution >= 4 is 68.5 Å². The van der Waals surface area contributed by atoms with E-state index in [0.29, 0.717) is 62.7 Å². The van der Waals surface area contributed by atoms with Crippen LogP contribution in [0.3, 0.4) is 0 Å². The number of halogens is 4. The number of anilines is 4. The van der Waals surface area contributed by atoms with Crippen LogP contribution in [0.2, 0.25) is 0 Å². The molecular weight excluding hydrogens is 762 g/mol. The minimum Gasteiger partial charge on any atom is -0.480 e. The molecule has 1 unspecified atom stereocenters. The van der Waals surface area contributed by atoms with Crippen LogP contribution in [0.4, 0.5) is 36.3 Å². The zero-order valence-corrected chi connectivity index (χ0v) is 32.0. The molecule has 52 heavy (non-hydrogen) atoms. The van der Waals surface area contributed by atoms with E-state index in [1.165, 1.54) is 0 Å². The van der Waals surface area contributed by atoms with Gasteiger partial charge in [-0.25, -0.2) is 9.97 Å². The number of aromatic nitrogens is 5. The molecule has 1 amide bonds. The van der Waals surface area contributed by atoms with Crippen molar-refractivity contribution < 1.29 is 27.3 Å². The molecule has 5 heterocycles. The number of alkyl halides is 3. The van der Waals surface area contributed by atoms with Crippen molar-refractivity contribution in [2.75, 3.05) is 57.3 Å². The van der Waals surface area contributed by atoms with Gasteiger partial charge >= 0.3 is 12.1 Å². The van der Waals surface area contributed by atoms with Crippen molar-refractivity contribution in [1.29, 1.82) is 0 Å². The fourth-order valence-corrected chi connectivity index (χ4v) is 8.91. The van der Waals surface area contributed by atoms with E-state index in [9.17, 15) is 22.5 Å². The summed E-state index contributed by atoms with van der Waals surface area (Å²) < 4.78 is 58.8. The smallest absolute Gasteiger partial charge is 0.471 e. The van der Waals surface area contributed by atoms with Gasteiger partial charge in [-0.3, -0.25) is 14.8 Å². The molecule has 2 aliphatic heterocycles. The van der Waals surface area contributed by atoms with E-state index in [0.717, 1.165) is 54.9 Å². The molecule has 0 aliphatic carbocycles. The number of fused-ring (bicyclic) bond motifs is 1. The fourth-order valence-electron chi connectivity index (χ4n) is 7.23. The Kier molecular flexibility index (Phi) is 11.4. The quantitative estimate of drug-likeness (QED) is 0.169. The third kappa shape index (κ3) is 8.34. The monoisotopic (exact) mass is 803 g/mol. The second kappa shape index (κ2) is 15.6. The average molecular weight is 805 g/mol. The summed E-state index contributed by atoms with van der Waals surface area (Å²) in [6.45, 7) is 7.33. The second-order valence-electron chi connectivity index (χ2n) is 13.5. The summed E-state index contributed by atoms with van der Waals surface area (Å²) in [6.07, 6.45) is 4.27. The SMILES string of the molecule is CCc1cc(Nc2ncc(Br)c(Nc3ccc4nccnc4c3P(C)(C)=O)n2)c(OC)nc1C1CCN(C2CCCN(C(=O)C(F)(F)F)CC2)CC1. The molecule has 0 bridgehead atoms. The van der Waals surface area contributed by atoms with E-state index in [1.807, 2.05) is 18.2 Å². The summed E-state index contributed by atoms with van der Waals surface area (Å²) in [5, 5.41) is 7.18. The maximum absolute atomic E-state index is 13.4. The lowest BCUT2D eigenvalue weighted by Gasteiger charge is -2.37. The van der Waals surface area contributed by atoms with Crippen LogP contribution in [0.1, 0.15) is 56.2 Å². The van der Waals surface area contributed by atoms with Gasteiger partial charge in [0, 0.05) is 43.6 Å². The van der Waals surface area contributed by atoms with Gasteiger partial charge in [0.25, 0.3) is 0 Å². The highest BCUT2D eigenvalue weighted by atomic mass is 79.9. The third-order valence-electron chi connectivity index (χ3n) is 9.73. The number of likely N-dealkylation sites (tertiary alicyclic amines) is 2. The maximum atomic E-state index is 13.4. The molecule has 12 nitrogen and oxygen atoms in total. The summed E-state index contributed by atoms with van der Waals surface area (Å²) in [5.41, 5.74) is 4.47. The predicted molar refractivity (Wildman–Crippen MR) is 199 cm³/mol. The van der Waals surface area contributed by atoms with Gasteiger partial charge in [0.1, 0.15) is 24.2 Å². The van der Waals surface area contributed by atoms with E-state index in [4.69, 9.17) is 14.7 Å². The van der Waals surface area contributed by atoms with Gasteiger partial charge in [-0.1, -0.05) is 6.92 Å². The van der Waals surface area contributed by atoms with E-state index < -0.39 is 19.2 Å². The molecule has 6 rings (SSSR count). The molecule has 2 saturated heterocycles. The van der Waals surface area contributed by atoms with Gasteiger partial charge in [-0.2, -0.15) is 18.2 Å². The molecule has 3 aromatic heterocycles. The molecule has 0 spiro atoms. The van der Waals surface area contributed by atoms with Gasteiger partial charge in [0.05, 0.1) is 33.8 Å². The van der Waals surface area contributed by atoms with E-state index in [1.54, 1.807) is 39.0 Å². The number of carbonyl (C=O) groups excluding carboxylic acids is 1. The van der Waals surface area contributed by atoms with Crippen molar-refractivity contribution in [1.82, 2.24) is 34.7 Å². The van der Waals surface area contributed by atoms with Gasteiger partial charge < -0.3 is 29.7 Å². The third-order valence-corrected chi connectivity index (χ3v) is 11.8. The highest BCUT2D eigenvalue weighted by Crippen LogP contribution is 2.42. The van der Waals surface area contributed by atoms with Crippen LogP contribution in [-0.2, 0) is 15.8 Å². The Bertz CT molecular complexity index is 1990. The van der Waals surface area contributed by atoms with Crippen LogP contribution in [0.15, 0.2) is 41.3 Å². The molecule has 4 aromatic rings. The molecule has 2 fully saturated rings. The van der Waals surface area contributed by atoms with Crippen molar-refractivity contribution in [3.63, 3.8) is 0 Å². The Labute approximate surface area is 308 Å². The molecule has 278 valence electrons. The lowest BCUT2D eigenvalue weighted by atomic mass is 9.88. The van der Waals surface area contributed by atoms with Gasteiger partial charge in [0.2, 0.25) is 11.8 Å². The first kappa shape index (κ1) is 37.9. The van der Waals surface area contributed by atoms with Crippen LogP contribution in [0.5, 0.6) is 5.88 Å². The van der Waals surface area contributed by atoms with Crippen LogP contribution >= 0.6 is 23.1 Å². The first-order valence-corrected chi connectivity index (χ1v) is 20.7. The highest BCUT2D eigenvalue weighted by Gasteiger charge is 2.43. The lowest BCUT2D eigenvalue weighted by Crippen LogP contribution is -2.43. The zero-order valence-electron chi connectivity index (χ0n) is 29.5. The normalized spacial score (nSPS) is 17.9. The Morgan fingerprint density at radius 3 is 2.44 bits per heavy atom. The number of aryl methyl sites for hydroxylation is 1. The standard InChI is InChI=1S/C35H42BrF3N9O3P/c1-5-21-19-27(44-34-42-20-24(36)31(46-34)43-26-9-8-25-29(41-14-13-40-25)30(26)52(3,4)50)32(51-2)45-28(21)22-10-16-47(17-11-22)23-7-6-15-48(18-12-23)33(49)35(37,38)39/h8-9,13-14,19-20,22-23H,5-7,10-12,15-18H2,1-4H3,(H2,42,43,44,46). The van der Waals surface area contributed by atoms with E-state index in [2.05, 4.69) is 53.3 Å². The largest absolute Gasteiger partial charge is 0.480 e. The van der Waals surface area contributed by atoms with Crippen molar-refractivity contribution in [3.05, 3.63) is 52.5 Å². The number of hydrogen-bond donors (Lipinski definition) is 2. The summed E-state index contributed by atoms with van der Waals surface area (Å²) in [4.78, 5) is 38.1.